The quantitative estimate of drug-likeness (QED) is 0.356. The lowest BCUT2D eigenvalue weighted by Crippen LogP contribution is -2.36. The highest BCUT2D eigenvalue weighted by atomic mass is 16.5. The van der Waals surface area contributed by atoms with Crippen molar-refractivity contribution in [2.45, 2.75) is 13.5 Å². The zero-order chi connectivity index (χ0) is 23.9. The van der Waals surface area contributed by atoms with Crippen molar-refractivity contribution in [1.29, 1.82) is 0 Å². The van der Waals surface area contributed by atoms with E-state index in [1.54, 1.807) is 29.3 Å². The summed E-state index contributed by atoms with van der Waals surface area (Å²) in [6, 6.07) is 5.88. The standard InChI is InChI=1S/C24H25N9O2/c1-14-17(33-8-10-35-11-9-33)5-4-15-20(14)30-23(28-15)19-22(27-12-18-25-6-3-7-26-18)21-16(29-24(19)34)13-32(2)31-21/h3-7,13,27H,8-12H2,1-2H3,(H,28,30)(H,29,34). The molecule has 4 aromatic heterocycles. The van der Waals surface area contributed by atoms with E-state index in [1.165, 1.54) is 0 Å². The van der Waals surface area contributed by atoms with Crippen LogP contribution in [0.15, 0.2) is 41.6 Å². The summed E-state index contributed by atoms with van der Waals surface area (Å²) in [6.45, 7) is 5.51. The predicted molar refractivity (Wildman–Crippen MR) is 134 cm³/mol. The number of anilines is 2. The van der Waals surface area contributed by atoms with Crippen LogP contribution < -0.4 is 15.8 Å². The molecule has 178 valence electrons. The number of nitrogens with zero attached hydrogens (tertiary/aromatic N) is 6. The van der Waals surface area contributed by atoms with E-state index in [1.807, 2.05) is 13.1 Å². The van der Waals surface area contributed by atoms with E-state index in [0.717, 1.165) is 35.4 Å². The highest BCUT2D eigenvalue weighted by molar-refractivity contribution is 5.97. The minimum atomic E-state index is -0.257. The van der Waals surface area contributed by atoms with Crippen molar-refractivity contribution < 1.29 is 4.74 Å². The number of aryl methyl sites for hydroxylation is 2. The number of imidazole rings is 1. The second-order valence-electron chi connectivity index (χ2n) is 8.58. The molecule has 1 aromatic carbocycles. The number of rotatable bonds is 5. The summed E-state index contributed by atoms with van der Waals surface area (Å²) in [7, 11) is 1.82. The second-order valence-corrected chi connectivity index (χ2v) is 8.58. The Bertz CT molecular complexity index is 1580. The lowest BCUT2D eigenvalue weighted by Gasteiger charge is -2.30. The molecule has 0 unspecified atom stereocenters. The van der Waals surface area contributed by atoms with E-state index < -0.39 is 0 Å². The maximum Gasteiger partial charge on any atom is 0.261 e. The van der Waals surface area contributed by atoms with Crippen LogP contribution in [0.4, 0.5) is 11.4 Å². The first-order valence-corrected chi connectivity index (χ1v) is 11.5. The molecule has 11 heteroatoms. The molecule has 1 aliphatic heterocycles. The van der Waals surface area contributed by atoms with Crippen LogP contribution in [0.1, 0.15) is 11.4 Å². The molecule has 0 aliphatic carbocycles. The van der Waals surface area contributed by atoms with Gasteiger partial charge >= 0.3 is 0 Å². The third-order valence-corrected chi connectivity index (χ3v) is 6.30. The zero-order valence-electron chi connectivity index (χ0n) is 19.5. The highest BCUT2D eigenvalue weighted by Crippen LogP contribution is 2.33. The second kappa shape index (κ2) is 8.51. The molecule has 11 nitrogen and oxygen atoms in total. The minimum Gasteiger partial charge on any atom is -0.378 e. The molecular weight excluding hydrogens is 446 g/mol. The number of hydrogen-bond acceptors (Lipinski definition) is 8. The van der Waals surface area contributed by atoms with Gasteiger partial charge in [0.05, 0.1) is 42.0 Å². The van der Waals surface area contributed by atoms with Crippen molar-refractivity contribution in [2.75, 3.05) is 36.5 Å². The summed E-state index contributed by atoms with van der Waals surface area (Å²) in [5.74, 6) is 1.09. The topological polar surface area (TPSA) is 130 Å². The fraction of sp³-hybridized carbons (Fsp3) is 0.292. The summed E-state index contributed by atoms with van der Waals surface area (Å²) < 4.78 is 7.18. The van der Waals surface area contributed by atoms with Crippen LogP contribution in [0.25, 0.3) is 33.5 Å². The summed E-state index contributed by atoms with van der Waals surface area (Å²) in [4.78, 5) is 35.4. The molecule has 0 radical (unpaired) electrons. The van der Waals surface area contributed by atoms with Crippen molar-refractivity contribution >= 4 is 33.4 Å². The normalized spacial score (nSPS) is 14.2. The predicted octanol–water partition coefficient (Wildman–Crippen LogP) is 2.35. The van der Waals surface area contributed by atoms with Gasteiger partial charge in [0.1, 0.15) is 22.7 Å². The zero-order valence-corrected chi connectivity index (χ0v) is 19.5. The Morgan fingerprint density at radius 3 is 2.69 bits per heavy atom. The van der Waals surface area contributed by atoms with E-state index >= 15 is 0 Å². The molecule has 35 heavy (non-hydrogen) atoms. The SMILES string of the molecule is Cc1c(N2CCOCC2)ccc2[nH]c(-c3c(NCc4ncccn4)c4nn(C)cc4[nH]c3=O)nc12. The Hall–Kier alpha value is -4.25. The van der Waals surface area contributed by atoms with Crippen LogP contribution in [-0.4, -0.2) is 61.0 Å². The molecular formula is C24H25N9O2. The van der Waals surface area contributed by atoms with E-state index in [0.29, 0.717) is 53.7 Å². The Labute approximate surface area is 200 Å². The number of pyridine rings is 1. The summed E-state index contributed by atoms with van der Waals surface area (Å²) >= 11 is 0. The Balaban J connectivity index is 1.48. The molecule has 1 aliphatic rings. The van der Waals surface area contributed by atoms with Gasteiger partial charge in [-0.1, -0.05) is 0 Å². The molecule has 0 amide bonds. The van der Waals surface area contributed by atoms with Crippen LogP contribution >= 0.6 is 0 Å². The fourth-order valence-electron chi connectivity index (χ4n) is 4.64. The van der Waals surface area contributed by atoms with Gasteiger partial charge in [-0.05, 0) is 25.1 Å². The van der Waals surface area contributed by atoms with Crippen molar-refractivity contribution in [1.82, 2.24) is 34.7 Å². The number of ether oxygens (including phenoxy) is 1. The molecule has 0 spiro atoms. The number of benzene rings is 1. The van der Waals surface area contributed by atoms with Crippen LogP contribution in [0.3, 0.4) is 0 Å². The van der Waals surface area contributed by atoms with Gasteiger partial charge in [-0.25, -0.2) is 15.0 Å². The van der Waals surface area contributed by atoms with Crippen LogP contribution in [0, 0.1) is 6.92 Å². The maximum absolute atomic E-state index is 13.3. The first kappa shape index (κ1) is 21.3. The lowest BCUT2D eigenvalue weighted by molar-refractivity contribution is 0.122. The molecule has 0 saturated carbocycles. The number of aromatic amines is 2. The third-order valence-electron chi connectivity index (χ3n) is 6.30. The van der Waals surface area contributed by atoms with Gasteiger partial charge < -0.3 is 24.9 Å². The molecule has 0 bridgehead atoms. The van der Waals surface area contributed by atoms with Gasteiger partial charge in [-0.15, -0.1) is 0 Å². The Morgan fingerprint density at radius 1 is 1.09 bits per heavy atom. The van der Waals surface area contributed by atoms with E-state index in [-0.39, 0.29) is 5.56 Å². The van der Waals surface area contributed by atoms with E-state index in [4.69, 9.17) is 9.72 Å². The number of fused-ring (bicyclic) bond motifs is 2. The molecule has 5 aromatic rings. The first-order chi connectivity index (χ1) is 17.1. The van der Waals surface area contributed by atoms with Crippen molar-refractivity contribution in [2.24, 2.45) is 7.05 Å². The highest BCUT2D eigenvalue weighted by Gasteiger charge is 2.22. The molecule has 1 fully saturated rings. The Morgan fingerprint density at radius 2 is 1.89 bits per heavy atom. The number of aromatic nitrogens is 7. The van der Waals surface area contributed by atoms with Gasteiger partial charge in [0, 0.05) is 50.0 Å². The third kappa shape index (κ3) is 3.79. The van der Waals surface area contributed by atoms with Gasteiger partial charge in [-0.3, -0.25) is 9.48 Å². The van der Waals surface area contributed by atoms with Gasteiger partial charge in [0.2, 0.25) is 0 Å². The Kier molecular flexibility index (Phi) is 5.18. The van der Waals surface area contributed by atoms with Gasteiger partial charge in [-0.2, -0.15) is 5.10 Å². The number of morpholine rings is 1. The molecule has 0 atom stereocenters. The molecule has 6 rings (SSSR count). The maximum atomic E-state index is 13.3. The van der Waals surface area contributed by atoms with E-state index in [9.17, 15) is 4.79 Å². The van der Waals surface area contributed by atoms with Crippen molar-refractivity contribution in [3.8, 4) is 11.4 Å². The molecule has 1 saturated heterocycles. The largest absolute Gasteiger partial charge is 0.378 e. The fourth-order valence-corrected chi connectivity index (χ4v) is 4.64. The summed E-state index contributed by atoms with van der Waals surface area (Å²) in [5.41, 5.74) is 5.91. The van der Waals surface area contributed by atoms with Gasteiger partial charge in [0.25, 0.3) is 5.56 Å². The van der Waals surface area contributed by atoms with Crippen LogP contribution in [0.5, 0.6) is 0 Å². The summed E-state index contributed by atoms with van der Waals surface area (Å²) in [6.07, 6.45) is 5.16. The molecule has 3 N–H and O–H groups in total. The van der Waals surface area contributed by atoms with Crippen molar-refractivity contribution in [3.05, 3.63) is 58.5 Å². The average Bonchev–Trinajstić information content (AvgIpc) is 3.47. The van der Waals surface area contributed by atoms with Crippen molar-refractivity contribution in [3.63, 3.8) is 0 Å². The number of H-pyrrole nitrogens is 2. The number of nitrogens with one attached hydrogen (secondary N) is 3. The molecule has 5 heterocycles. The first-order valence-electron chi connectivity index (χ1n) is 11.5. The van der Waals surface area contributed by atoms with E-state index in [2.05, 4.69) is 48.2 Å². The monoisotopic (exact) mass is 471 g/mol. The average molecular weight is 472 g/mol. The number of hydrogen-bond donors (Lipinski definition) is 3. The lowest BCUT2D eigenvalue weighted by atomic mass is 10.1. The summed E-state index contributed by atoms with van der Waals surface area (Å²) in [5, 5.41) is 7.93. The smallest absolute Gasteiger partial charge is 0.261 e. The minimum absolute atomic E-state index is 0.257. The van der Waals surface area contributed by atoms with Gasteiger partial charge in [0.15, 0.2) is 0 Å². The van der Waals surface area contributed by atoms with Crippen LogP contribution in [0.2, 0.25) is 0 Å². The van der Waals surface area contributed by atoms with Crippen LogP contribution in [-0.2, 0) is 18.3 Å².